The molecule has 0 aliphatic carbocycles. The first kappa shape index (κ1) is 19.3. The molecule has 1 amide bonds. The maximum Gasteiger partial charge on any atom is 0.293 e. The number of nitrogens with one attached hydrogen (secondary N) is 1. The van der Waals surface area contributed by atoms with E-state index in [2.05, 4.69) is 15.5 Å². The fraction of sp³-hybridized carbons (Fsp3) is 0.211. The number of rotatable bonds is 5. The Hall–Kier alpha value is -2.98. The van der Waals surface area contributed by atoms with Gasteiger partial charge in [0.15, 0.2) is 0 Å². The second-order valence-electron chi connectivity index (χ2n) is 6.54. The van der Waals surface area contributed by atoms with Gasteiger partial charge in [0.25, 0.3) is 20.3 Å². The van der Waals surface area contributed by atoms with Gasteiger partial charge in [-0.15, -0.1) is 10.2 Å². The summed E-state index contributed by atoms with van der Waals surface area (Å²) in [6.45, 7) is 1.85. The molecule has 1 N–H and O–H groups in total. The van der Waals surface area contributed by atoms with Crippen molar-refractivity contribution >= 4 is 38.1 Å². The summed E-state index contributed by atoms with van der Waals surface area (Å²) in [6, 6.07) is 13.8. The Bertz CT molecular complexity index is 1180. The highest BCUT2D eigenvalue weighted by Crippen LogP contribution is 2.37. The highest BCUT2D eigenvalue weighted by molar-refractivity contribution is 7.94. The van der Waals surface area contributed by atoms with Gasteiger partial charge in [-0.05, 0) is 43.2 Å². The van der Waals surface area contributed by atoms with Crippen LogP contribution < -0.4 is 14.4 Å². The first-order chi connectivity index (χ1) is 13.9. The topological polar surface area (TPSA) is 101 Å². The zero-order valence-corrected chi connectivity index (χ0v) is 17.3. The molecule has 150 valence electrons. The average Bonchev–Trinajstić information content (AvgIpc) is 3.32. The number of nitrogens with zero attached hydrogens (tertiary/aromatic N) is 3. The number of ether oxygens (including phenoxy) is 1. The van der Waals surface area contributed by atoms with Gasteiger partial charge in [0.1, 0.15) is 5.75 Å². The second-order valence-corrected chi connectivity index (χ2v) is 9.51. The van der Waals surface area contributed by atoms with E-state index >= 15 is 0 Å². The monoisotopic (exact) mass is 430 g/mol. The number of carbonyl (C=O) groups is 1. The lowest BCUT2D eigenvalue weighted by Gasteiger charge is -2.22. The number of aromatic nitrogens is 2. The minimum absolute atomic E-state index is 0.108. The summed E-state index contributed by atoms with van der Waals surface area (Å²) in [5.74, 6) is 0.115. The van der Waals surface area contributed by atoms with Gasteiger partial charge in [0.05, 0.1) is 12.8 Å². The van der Waals surface area contributed by atoms with Crippen molar-refractivity contribution in [3.63, 3.8) is 0 Å². The van der Waals surface area contributed by atoms with Crippen LogP contribution in [0.5, 0.6) is 5.75 Å². The zero-order chi connectivity index (χ0) is 20.6. The predicted molar refractivity (Wildman–Crippen MR) is 110 cm³/mol. The molecular formula is C19H18N4O4S2. The molecule has 0 spiro atoms. The third-order valence-electron chi connectivity index (χ3n) is 4.58. The van der Waals surface area contributed by atoms with Crippen molar-refractivity contribution in [1.29, 1.82) is 0 Å². The quantitative estimate of drug-likeness (QED) is 0.625. The molecule has 0 saturated heterocycles. The van der Waals surface area contributed by atoms with Crippen molar-refractivity contribution in [2.75, 3.05) is 16.7 Å². The Balaban J connectivity index is 1.58. The number of fused-ring (bicyclic) bond motifs is 1. The standard InChI is InChI=1S/C19H18N4O4S2/c1-12-10-13-6-3-4-9-16(13)23(12)29(25,26)19-22-21-18(28-19)20-17(24)14-7-5-8-15(11-14)27-2/h3-9,11-12H,10H2,1-2H3,(H,20,21,24). The second kappa shape index (κ2) is 7.45. The number of para-hydroxylation sites is 1. The Morgan fingerprint density at radius 1 is 1.21 bits per heavy atom. The molecule has 4 rings (SSSR count). The SMILES string of the molecule is COc1cccc(C(=O)Nc2nnc(S(=O)(=O)N3c4ccccc4CC3C)s2)c1. The smallest absolute Gasteiger partial charge is 0.293 e. The number of sulfonamides is 1. The molecule has 2 heterocycles. The molecule has 1 aromatic heterocycles. The van der Waals surface area contributed by atoms with E-state index in [4.69, 9.17) is 4.74 Å². The number of carbonyl (C=O) groups excluding carboxylic acids is 1. The van der Waals surface area contributed by atoms with Crippen LogP contribution in [0, 0.1) is 0 Å². The predicted octanol–water partition coefficient (Wildman–Crippen LogP) is 2.94. The van der Waals surface area contributed by atoms with Crippen LogP contribution in [-0.4, -0.2) is 37.7 Å². The number of methoxy groups -OCH3 is 1. The summed E-state index contributed by atoms with van der Waals surface area (Å²) < 4.78 is 32.6. The van der Waals surface area contributed by atoms with Crippen LogP contribution in [0.15, 0.2) is 52.9 Å². The molecule has 1 aliphatic heterocycles. The minimum atomic E-state index is -3.88. The van der Waals surface area contributed by atoms with Gasteiger partial charge in [-0.2, -0.15) is 8.42 Å². The van der Waals surface area contributed by atoms with Crippen LogP contribution in [0.3, 0.4) is 0 Å². The maximum atomic E-state index is 13.2. The summed E-state index contributed by atoms with van der Waals surface area (Å²) in [5.41, 5.74) is 1.99. The zero-order valence-electron chi connectivity index (χ0n) is 15.7. The summed E-state index contributed by atoms with van der Waals surface area (Å²) in [4.78, 5) is 12.4. The van der Waals surface area contributed by atoms with E-state index in [1.165, 1.54) is 11.4 Å². The number of benzene rings is 2. The number of amides is 1. The van der Waals surface area contributed by atoms with Crippen molar-refractivity contribution in [2.45, 2.75) is 23.7 Å². The van der Waals surface area contributed by atoms with Crippen molar-refractivity contribution in [1.82, 2.24) is 10.2 Å². The van der Waals surface area contributed by atoms with Gasteiger partial charge < -0.3 is 4.74 Å². The lowest BCUT2D eigenvalue weighted by Crippen LogP contribution is -2.35. The van der Waals surface area contributed by atoms with E-state index in [9.17, 15) is 13.2 Å². The van der Waals surface area contributed by atoms with Gasteiger partial charge in [-0.25, -0.2) is 0 Å². The minimum Gasteiger partial charge on any atom is -0.497 e. The van der Waals surface area contributed by atoms with Crippen LogP contribution in [0.4, 0.5) is 10.8 Å². The van der Waals surface area contributed by atoms with E-state index in [-0.39, 0.29) is 15.5 Å². The Labute approximate surface area is 172 Å². The molecule has 0 bridgehead atoms. The van der Waals surface area contributed by atoms with E-state index < -0.39 is 15.9 Å². The molecule has 1 unspecified atom stereocenters. The van der Waals surface area contributed by atoms with Gasteiger partial charge in [-0.3, -0.25) is 14.4 Å². The van der Waals surface area contributed by atoms with Crippen LogP contribution in [0.1, 0.15) is 22.8 Å². The Morgan fingerprint density at radius 3 is 2.79 bits per heavy atom. The van der Waals surface area contributed by atoms with Crippen molar-refractivity contribution < 1.29 is 17.9 Å². The van der Waals surface area contributed by atoms with Crippen LogP contribution in [-0.2, 0) is 16.4 Å². The largest absolute Gasteiger partial charge is 0.497 e. The number of hydrogen-bond donors (Lipinski definition) is 1. The average molecular weight is 431 g/mol. The molecule has 8 nitrogen and oxygen atoms in total. The summed E-state index contributed by atoms with van der Waals surface area (Å²) >= 11 is 0.821. The molecule has 3 aromatic rings. The van der Waals surface area contributed by atoms with E-state index in [0.29, 0.717) is 23.4 Å². The molecule has 0 fully saturated rings. The maximum absolute atomic E-state index is 13.2. The molecule has 1 atom stereocenters. The van der Waals surface area contributed by atoms with E-state index in [1.54, 1.807) is 36.4 Å². The first-order valence-corrected chi connectivity index (χ1v) is 11.1. The lowest BCUT2D eigenvalue weighted by molar-refractivity contribution is 0.102. The number of anilines is 2. The normalized spacial score (nSPS) is 15.8. The Kier molecular flexibility index (Phi) is 4.97. The number of hydrogen-bond acceptors (Lipinski definition) is 7. The highest BCUT2D eigenvalue weighted by atomic mass is 32.2. The molecule has 10 heteroatoms. The van der Waals surface area contributed by atoms with Crippen LogP contribution >= 0.6 is 11.3 Å². The van der Waals surface area contributed by atoms with Gasteiger partial charge in [0.2, 0.25) is 5.13 Å². The van der Waals surface area contributed by atoms with Crippen LogP contribution in [0.25, 0.3) is 0 Å². The van der Waals surface area contributed by atoms with Crippen molar-refractivity contribution in [3.05, 3.63) is 59.7 Å². The molecule has 2 aromatic carbocycles. The molecule has 0 saturated carbocycles. The fourth-order valence-corrected chi connectivity index (χ4v) is 5.95. The van der Waals surface area contributed by atoms with Crippen molar-refractivity contribution in [2.24, 2.45) is 0 Å². The first-order valence-electron chi connectivity index (χ1n) is 8.81. The lowest BCUT2D eigenvalue weighted by atomic mass is 10.1. The molecule has 1 aliphatic rings. The van der Waals surface area contributed by atoms with E-state index in [1.807, 2.05) is 19.1 Å². The fourth-order valence-electron chi connectivity index (χ4n) is 3.29. The summed E-state index contributed by atoms with van der Waals surface area (Å²) in [5, 5.41) is 10.4. The Morgan fingerprint density at radius 2 is 2.00 bits per heavy atom. The van der Waals surface area contributed by atoms with Crippen LogP contribution in [0.2, 0.25) is 0 Å². The third-order valence-corrected chi connectivity index (χ3v) is 7.70. The van der Waals surface area contributed by atoms with Gasteiger partial charge in [-0.1, -0.05) is 35.6 Å². The van der Waals surface area contributed by atoms with Gasteiger partial charge >= 0.3 is 0 Å². The third kappa shape index (κ3) is 3.56. The summed E-state index contributed by atoms with van der Waals surface area (Å²) in [7, 11) is -2.37. The summed E-state index contributed by atoms with van der Waals surface area (Å²) in [6.07, 6.45) is 0.633. The molecule has 0 radical (unpaired) electrons. The molecule has 29 heavy (non-hydrogen) atoms. The molecular weight excluding hydrogens is 412 g/mol. The van der Waals surface area contributed by atoms with E-state index in [0.717, 1.165) is 16.9 Å². The van der Waals surface area contributed by atoms with Crippen molar-refractivity contribution in [3.8, 4) is 5.75 Å². The van der Waals surface area contributed by atoms with Gasteiger partial charge in [0, 0.05) is 11.6 Å². The highest BCUT2D eigenvalue weighted by Gasteiger charge is 2.38.